The first-order valence-corrected chi connectivity index (χ1v) is 6.69. The van der Waals surface area contributed by atoms with Crippen LogP contribution in [0.25, 0.3) is 0 Å². The normalized spacial score (nSPS) is 25.1. The van der Waals surface area contributed by atoms with Gasteiger partial charge >= 0.3 is 0 Å². The molecule has 0 unspecified atom stereocenters. The van der Waals surface area contributed by atoms with Gasteiger partial charge in [-0.05, 0) is 18.8 Å². The Bertz CT molecular complexity index is 399. The number of nitrogens with zero attached hydrogens (tertiary/aromatic N) is 2. The van der Waals surface area contributed by atoms with Crippen LogP contribution in [-0.2, 0) is 22.6 Å². The molecule has 0 aromatic carbocycles. The lowest BCUT2D eigenvalue weighted by atomic mass is 9.98. The molecule has 5 nitrogen and oxygen atoms in total. The van der Waals surface area contributed by atoms with Crippen LogP contribution in [0, 0.1) is 5.92 Å². The lowest BCUT2D eigenvalue weighted by molar-refractivity contribution is 0.0535. The molecule has 18 heavy (non-hydrogen) atoms. The van der Waals surface area contributed by atoms with Gasteiger partial charge in [0.05, 0.1) is 31.7 Å². The van der Waals surface area contributed by atoms with E-state index in [-0.39, 0.29) is 12.5 Å². The summed E-state index contributed by atoms with van der Waals surface area (Å²) in [7, 11) is 0. The predicted octanol–water partition coefficient (Wildman–Crippen LogP) is 0.916. The Hall–Kier alpha value is -0.910. The summed E-state index contributed by atoms with van der Waals surface area (Å²) in [6, 6.07) is 0. The first kappa shape index (κ1) is 12.1. The van der Waals surface area contributed by atoms with Crippen LogP contribution < -0.4 is 0 Å². The number of ether oxygens (including phenoxy) is 2. The van der Waals surface area contributed by atoms with Crippen molar-refractivity contribution < 1.29 is 14.6 Å². The molecule has 0 bridgehead atoms. The molecule has 3 rings (SSSR count). The van der Waals surface area contributed by atoms with Crippen molar-refractivity contribution in [3.05, 3.63) is 17.5 Å². The highest BCUT2D eigenvalue weighted by atomic mass is 16.5. The van der Waals surface area contributed by atoms with Crippen molar-refractivity contribution in [3.8, 4) is 0 Å². The topological polar surface area (TPSA) is 56.5 Å². The van der Waals surface area contributed by atoms with Gasteiger partial charge in [0.25, 0.3) is 0 Å². The van der Waals surface area contributed by atoms with Gasteiger partial charge in [0, 0.05) is 31.2 Å². The smallest absolute Gasteiger partial charge is 0.0888 e. The summed E-state index contributed by atoms with van der Waals surface area (Å²) in [6.07, 6.45) is 4.12. The predicted molar refractivity (Wildman–Crippen MR) is 65.3 cm³/mol. The molecule has 3 heterocycles. The number of aliphatic hydroxyl groups excluding tert-OH is 1. The van der Waals surface area contributed by atoms with Gasteiger partial charge in [0.1, 0.15) is 0 Å². The monoisotopic (exact) mass is 252 g/mol. The van der Waals surface area contributed by atoms with E-state index in [9.17, 15) is 5.11 Å². The van der Waals surface area contributed by atoms with Crippen LogP contribution in [0.5, 0.6) is 0 Å². The van der Waals surface area contributed by atoms with Crippen molar-refractivity contribution in [1.82, 2.24) is 9.78 Å². The average Bonchev–Trinajstić information content (AvgIpc) is 2.83. The second-order valence-corrected chi connectivity index (χ2v) is 5.18. The third-order valence-corrected chi connectivity index (χ3v) is 3.97. The van der Waals surface area contributed by atoms with Crippen molar-refractivity contribution in [2.24, 2.45) is 5.92 Å². The molecule has 100 valence electrons. The number of aliphatic hydroxyl groups is 1. The maximum absolute atomic E-state index is 9.33. The maximum atomic E-state index is 9.33. The Labute approximate surface area is 107 Å². The van der Waals surface area contributed by atoms with E-state index in [0.717, 1.165) is 43.9 Å². The van der Waals surface area contributed by atoms with E-state index in [1.165, 1.54) is 0 Å². The van der Waals surface area contributed by atoms with Crippen molar-refractivity contribution in [1.29, 1.82) is 0 Å². The third-order valence-electron chi connectivity index (χ3n) is 3.97. The van der Waals surface area contributed by atoms with Gasteiger partial charge in [-0.15, -0.1) is 0 Å². The van der Waals surface area contributed by atoms with E-state index in [0.29, 0.717) is 19.1 Å². The molecular formula is C13H20N2O3. The second-order valence-electron chi connectivity index (χ2n) is 5.18. The quantitative estimate of drug-likeness (QED) is 0.869. The van der Waals surface area contributed by atoms with Crippen LogP contribution in [0.2, 0.25) is 0 Å². The number of hydrogen-bond donors (Lipinski definition) is 1. The van der Waals surface area contributed by atoms with E-state index in [4.69, 9.17) is 9.47 Å². The lowest BCUT2D eigenvalue weighted by Crippen LogP contribution is -2.24. The molecule has 1 aromatic heterocycles. The SMILES string of the molecule is OC[C@H]1COCc2c1cnn2CC1CCOCC1. The van der Waals surface area contributed by atoms with Gasteiger partial charge in [0.2, 0.25) is 0 Å². The van der Waals surface area contributed by atoms with Crippen LogP contribution >= 0.6 is 0 Å². The van der Waals surface area contributed by atoms with Crippen LogP contribution in [0.3, 0.4) is 0 Å². The number of rotatable bonds is 3. The minimum absolute atomic E-state index is 0.0946. The van der Waals surface area contributed by atoms with E-state index in [1.807, 2.05) is 6.20 Å². The summed E-state index contributed by atoms with van der Waals surface area (Å²) < 4.78 is 13.0. The third kappa shape index (κ3) is 2.30. The zero-order valence-corrected chi connectivity index (χ0v) is 10.5. The van der Waals surface area contributed by atoms with E-state index in [1.54, 1.807) is 0 Å². The second kappa shape index (κ2) is 5.38. The Kier molecular flexibility index (Phi) is 3.63. The average molecular weight is 252 g/mol. The fraction of sp³-hybridized carbons (Fsp3) is 0.769. The van der Waals surface area contributed by atoms with E-state index in [2.05, 4.69) is 9.78 Å². The molecule has 2 aliphatic rings. The lowest BCUT2D eigenvalue weighted by Gasteiger charge is -2.25. The Morgan fingerprint density at radius 2 is 2.17 bits per heavy atom. The number of hydrogen-bond acceptors (Lipinski definition) is 4. The summed E-state index contributed by atoms with van der Waals surface area (Å²) in [5.74, 6) is 0.745. The molecule has 1 fully saturated rings. The molecule has 1 atom stereocenters. The Balaban J connectivity index is 1.74. The summed E-state index contributed by atoms with van der Waals surface area (Å²) in [6.45, 7) is 4.03. The van der Waals surface area contributed by atoms with Crippen LogP contribution in [0.4, 0.5) is 0 Å². The molecule has 0 amide bonds. The zero-order valence-electron chi connectivity index (χ0n) is 10.5. The van der Waals surface area contributed by atoms with Gasteiger partial charge in [0.15, 0.2) is 0 Å². The fourth-order valence-corrected chi connectivity index (χ4v) is 2.79. The summed E-state index contributed by atoms with van der Waals surface area (Å²) in [5, 5.41) is 13.8. The number of aromatic nitrogens is 2. The summed E-state index contributed by atoms with van der Waals surface area (Å²) in [5.41, 5.74) is 2.31. The minimum Gasteiger partial charge on any atom is -0.396 e. The van der Waals surface area contributed by atoms with Gasteiger partial charge < -0.3 is 14.6 Å². The highest BCUT2D eigenvalue weighted by Crippen LogP contribution is 2.27. The first-order chi connectivity index (χ1) is 8.88. The van der Waals surface area contributed by atoms with Crippen LogP contribution in [0.1, 0.15) is 30.0 Å². The van der Waals surface area contributed by atoms with Gasteiger partial charge in [-0.2, -0.15) is 5.10 Å². The molecule has 0 spiro atoms. The Morgan fingerprint density at radius 3 is 2.94 bits per heavy atom. The van der Waals surface area contributed by atoms with Crippen molar-refractivity contribution >= 4 is 0 Å². The molecule has 5 heteroatoms. The maximum Gasteiger partial charge on any atom is 0.0888 e. The van der Waals surface area contributed by atoms with Crippen LogP contribution in [0.15, 0.2) is 6.20 Å². The van der Waals surface area contributed by atoms with Crippen LogP contribution in [-0.4, -0.2) is 41.3 Å². The minimum atomic E-state index is 0.0946. The van der Waals surface area contributed by atoms with E-state index < -0.39 is 0 Å². The highest BCUT2D eigenvalue weighted by Gasteiger charge is 2.25. The molecule has 1 saturated heterocycles. The highest BCUT2D eigenvalue weighted by molar-refractivity contribution is 5.24. The van der Waals surface area contributed by atoms with Crippen molar-refractivity contribution in [2.75, 3.05) is 26.4 Å². The van der Waals surface area contributed by atoms with Crippen molar-refractivity contribution in [3.63, 3.8) is 0 Å². The molecule has 0 saturated carbocycles. The molecule has 2 aliphatic heterocycles. The number of fused-ring (bicyclic) bond motifs is 1. The van der Waals surface area contributed by atoms with Crippen molar-refractivity contribution in [2.45, 2.75) is 31.9 Å². The Morgan fingerprint density at radius 1 is 1.33 bits per heavy atom. The molecule has 0 aliphatic carbocycles. The fourth-order valence-electron chi connectivity index (χ4n) is 2.79. The molecular weight excluding hydrogens is 232 g/mol. The van der Waals surface area contributed by atoms with Gasteiger partial charge in [-0.1, -0.05) is 0 Å². The van der Waals surface area contributed by atoms with Gasteiger partial charge in [-0.3, -0.25) is 4.68 Å². The molecule has 1 aromatic rings. The molecule has 0 radical (unpaired) electrons. The standard InChI is InChI=1S/C13H20N2O3/c16-7-11-8-18-9-13-12(11)5-14-15(13)6-10-1-3-17-4-2-10/h5,10-11,16H,1-4,6-9H2/t11-/m0/s1. The van der Waals surface area contributed by atoms with Gasteiger partial charge in [-0.25, -0.2) is 0 Å². The summed E-state index contributed by atoms with van der Waals surface area (Å²) in [4.78, 5) is 0. The largest absolute Gasteiger partial charge is 0.396 e. The summed E-state index contributed by atoms with van der Waals surface area (Å²) >= 11 is 0. The first-order valence-electron chi connectivity index (χ1n) is 6.69. The zero-order chi connectivity index (χ0) is 12.4. The molecule has 1 N–H and O–H groups in total. The van der Waals surface area contributed by atoms with E-state index >= 15 is 0 Å².